The van der Waals surface area contributed by atoms with Crippen molar-refractivity contribution in [2.45, 2.75) is 123 Å². The maximum Gasteiger partial charge on any atom is 0.496 e. The Morgan fingerprint density at radius 2 is 1.24 bits per heavy atom. The lowest BCUT2D eigenvalue weighted by Gasteiger charge is -2.32. The molecule has 3 N–H and O–H groups in total. The lowest BCUT2D eigenvalue weighted by atomic mass is 9.68. The second kappa shape index (κ2) is 9.78. The molecule has 0 aliphatic carbocycles. The minimum Gasteiger partial charge on any atom is -0.399 e. The maximum atomic E-state index is 6.74. The van der Waals surface area contributed by atoms with Gasteiger partial charge in [-0.05, 0) is 85.3 Å². The molecular weight excluding hydrogens is 426 g/mol. The zero-order valence-electron chi connectivity index (χ0n) is 23.1. The SMILES string of the molecule is CCCCNc1cc(B2OC(C)(C)C(C)(C)O2)c(C(N)CCC)cc1B1OC(C)(C)C(C)(C)O1. The molecule has 2 saturated heterocycles. The normalized spacial score (nSPS) is 23.4. The molecule has 0 spiro atoms. The quantitative estimate of drug-likeness (QED) is 0.413. The van der Waals surface area contributed by atoms with Gasteiger partial charge in [-0.15, -0.1) is 0 Å². The van der Waals surface area contributed by atoms with Crippen molar-refractivity contribution in [3.8, 4) is 0 Å². The van der Waals surface area contributed by atoms with Gasteiger partial charge < -0.3 is 29.7 Å². The number of nitrogens with two attached hydrogens (primary N) is 1. The van der Waals surface area contributed by atoms with Crippen LogP contribution in [0.25, 0.3) is 0 Å². The van der Waals surface area contributed by atoms with Gasteiger partial charge in [-0.25, -0.2) is 0 Å². The Balaban J connectivity index is 2.11. The van der Waals surface area contributed by atoms with Crippen LogP contribution < -0.4 is 22.0 Å². The van der Waals surface area contributed by atoms with E-state index in [-0.39, 0.29) is 6.04 Å². The molecule has 0 bridgehead atoms. The van der Waals surface area contributed by atoms with Crippen LogP contribution in [-0.2, 0) is 18.6 Å². The van der Waals surface area contributed by atoms with Gasteiger partial charge >= 0.3 is 14.2 Å². The van der Waals surface area contributed by atoms with E-state index in [1.807, 2.05) is 0 Å². The highest BCUT2D eigenvalue weighted by molar-refractivity contribution is 6.66. The van der Waals surface area contributed by atoms with Crippen molar-refractivity contribution < 1.29 is 18.6 Å². The molecule has 6 nitrogen and oxygen atoms in total. The van der Waals surface area contributed by atoms with E-state index in [4.69, 9.17) is 24.4 Å². The fraction of sp³-hybridized carbons (Fsp3) is 0.769. The molecule has 0 amide bonds. The molecule has 2 aliphatic rings. The van der Waals surface area contributed by atoms with Crippen LogP contribution >= 0.6 is 0 Å². The fourth-order valence-corrected chi connectivity index (χ4v) is 4.33. The Labute approximate surface area is 208 Å². The third kappa shape index (κ3) is 5.22. The summed E-state index contributed by atoms with van der Waals surface area (Å²) < 4.78 is 25.8. The highest BCUT2D eigenvalue weighted by atomic mass is 16.7. The van der Waals surface area contributed by atoms with Crippen LogP contribution in [0.15, 0.2) is 12.1 Å². The number of benzene rings is 1. The number of anilines is 1. The molecule has 34 heavy (non-hydrogen) atoms. The van der Waals surface area contributed by atoms with E-state index in [1.54, 1.807) is 0 Å². The van der Waals surface area contributed by atoms with Crippen molar-refractivity contribution in [1.82, 2.24) is 0 Å². The summed E-state index contributed by atoms with van der Waals surface area (Å²) in [6.45, 7) is 21.9. The largest absolute Gasteiger partial charge is 0.496 e. The Morgan fingerprint density at radius 1 is 0.765 bits per heavy atom. The van der Waals surface area contributed by atoms with Crippen LogP contribution in [0.2, 0.25) is 0 Å². The van der Waals surface area contributed by atoms with E-state index in [0.29, 0.717) is 0 Å². The van der Waals surface area contributed by atoms with E-state index in [0.717, 1.165) is 54.4 Å². The lowest BCUT2D eigenvalue weighted by molar-refractivity contribution is 0.00578. The van der Waals surface area contributed by atoms with E-state index in [2.05, 4.69) is 86.7 Å². The van der Waals surface area contributed by atoms with Crippen molar-refractivity contribution >= 4 is 30.8 Å². The molecule has 0 aromatic heterocycles. The standard InChI is InChI=1S/C26H46B2N2O4/c1-11-13-15-30-22-17-19(27-31-23(3,4)24(5,6)32-27)18(21(29)14-12-2)16-20(22)28-33-25(7,8)26(9,10)34-28/h16-17,21,30H,11-15,29H2,1-10H3. The number of nitrogens with one attached hydrogen (secondary N) is 1. The van der Waals surface area contributed by atoms with Crippen LogP contribution in [0.3, 0.4) is 0 Å². The van der Waals surface area contributed by atoms with Crippen LogP contribution in [0.5, 0.6) is 0 Å². The van der Waals surface area contributed by atoms with Gasteiger partial charge in [0.2, 0.25) is 0 Å². The van der Waals surface area contributed by atoms with Gasteiger partial charge in [-0.2, -0.15) is 0 Å². The predicted molar refractivity (Wildman–Crippen MR) is 143 cm³/mol. The molecule has 0 radical (unpaired) electrons. The summed E-state index contributed by atoms with van der Waals surface area (Å²) in [5.41, 5.74) is 9.04. The predicted octanol–water partition coefficient (Wildman–Crippen LogP) is 4.30. The van der Waals surface area contributed by atoms with Crippen molar-refractivity contribution in [2.24, 2.45) is 5.73 Å². The van der Waals surface area contributed by atoms with Gasteiger partial charge in [0.05, 0.1) is 22.4 Å². The molecule has 0 saturated carbocycles. The molecule has 1 aromatic carbocycles. The average Bonchev–Trinajstić information content (AvgIpc) is 3.07. The lowest BCUT2D eigenvalue weighted by Crippen LogP contribution is -2.43. The minimum atomic E-state index is -0.484. The van der Waals surface area contributed by atoms with Gasteiger partial charge in [0.15, 0.2) is 0 Å². The van der Waals surface area contributed by atoms with E-state index < -0.39 is 36.6 Å². The Morgan fingerprint density at radius 3 is 1.68 bits per heavy atom. The Bertz CT molecular complexity index is 841. The number of hydrogen-bond acceptors (Lipinski definition) is 6. The molecule has 2 heterocycles. The third-order valence-corrected chi connectivity index (χ3v) is 8.11. The number of hydrogen-bond donors (Lipinski definition) is 2. The monoisotopic (exact) mass is 472 g/mol. The van der Waals surface area contributed by atoms with Crippen LogP contribution in [0.1, 0.15) is 107 Å². The van der Waals surface area contributed by atoms with E-state index >= 15 is 0 Å². The summed E-state index contributed by atoms with van der Waals surface area (Å²) in [5, 5.41) is 3.64. The third-order valence-electron chi connectivity index (χ3n) is 8.11. The van der Waals surface area contributed by atoms with Gasteiger partial charge in [-0.1, -0.05) is 32.8 Å². The van der Waals surface area contributed by atoms with Crippen molar-refractivity contribution in [3.63, 3.8) is 0 Å². The first-order valence-electron chi connectivity index (χ1n) is 13.0. The van der Waals surface area contributed by atoms with Crippen molar-refractivity contribution in [2.75, 3.05) is 11.9 Å². The molecule has 1 atom stereocenters. The second-order valence-corrected chi connectivity index (χ2v) is 11.9. The van der Waals surface area contributed by atoms with E-state index in [1.165, 1.54) is 0 Å². The summed E-state index contributed by atoms with van der Waals surface area (Å²) in [6.07, 6.45) is 4.05. The zero-order chi connectivity index (χ0) is 25.5. The van der Waals surface area contributed by atoms with Gasteiger partial charge in [0.1, 0.15) is 0 Å². The van der Waals surface area contributed by atoms with Gasteiger partial charge in [-0.3, -0.25) is 0 Å². The van der Waals surface area contributed by atoms with Crippen molar-refractivity contribution in [3.05, 3.63) is 17.7 Å². The molecule has 2 aliphatic heterocycles. The average molecular weight is 472 g/mol. The Hall–Kier alpha value is -1.05. The molecule has 8 heteroatoms. The summed E-state index contributed by atoms with van der Waals surface area (Å²) in [5.74, 6) is 0. The molecule has 2 fully saturated rings. The van der Waals surface area contributed by atoms with E-state index in [9.17, 15) is 0 Å². The Kier molecular flexibility index (Phi) is 7.92. The molecule has 3 rings (SSSR count). The topological polar surface area (TPSA) is 75.0 Å². The summed E-state index contributed by atoms with van der Waals surface area (Å²) >= 11 is 0. The molecule has 1 unspecified atom stereocenters. The highest BCUT2D eigenvalue weighted by Gasteiger charge is 2.54. The smallest absolute Gasteiger partial charge is 0.399 e. The summed E-state index contributed by atoms with van der Waals surface area (Å²) in [6, 6.07) is 4.19. The van der Waals surface area contributed by atoms with Gasteiger partial charge in [0, 0.05) is 23.7 Å². The maximum absolute atomic E-state index is 6.74. The van der Waals surface area contributed by atoms with Crippen LogP contribution in [-0.4, -0.2) is 43.2 Å². The molecule has 190 valence electrons. The van der Waals surface area contributed by atoms with Crippen LogP contribution in [0, 0.1) is 0 Å². The minimum absolute atomic E-state index is 0.134. The first kappa shape index (κ1) is 27.5. The first-order chi connectivity index (χ1) is 15.7. The van der Waals surface area contributed by atoms with Gasteiger partial charge in [0.25, 0.3) is 0 Å². The highest BCUT2D eigenvalue weighted by Crippen LogP contribution is 2.39. The molecular formula is C26H46B2N2O4. The number of unbranched alkanes of at least 4 members (excludes halogenated alkanes) is 1. The summed E-state index contributed by atoms with van der Waals surface area (Å²) in [4.78, 5) is 0. The second-order valence-electron chi connectivity index (χ2n) is 11.9. The fourth-order valence-electron chi connectivity index (χ4n) is 4.33. The van der Waals surface area contributed by atoms with Crippen molar-refractivity contribution in [1.29, 1.82) is 0 Å². The molecule has 1 aromatic rings. The first-order valence-corrected chi connectivity index (χ1v) is 13.0. The number of rotatable bonds is 9. The summed E-state index contributed by atoms with van der Waals surface area (Å²) in [7, 11) is -0.962. The zero-order valence-corrected chi connectivity index (χ0v) is 23.1. The van der Waals surface area contributed by atoms with Crippen LogP contribution in [0.4, 0.5) is 5.69 Å².